The second-order valence-electron chi connectivity index (χ2n) is 17.6. The van der Waals surface area contributed by atoms with Crippen LogP contribution >= 0.6 is 0 Å². The van der Waals surface area contributed by atoms with Gasteiger partial charge in [-0.1, -0.05) is 167 Å². The minimum Gasteiger partial charge on any atom is -1.00 e. The monoisotopic (exact) mass is 787 g/mol. The maximum atomic E-state index is 5.87. The summed E-state index contributed by atoms with van der Waals surface area (Å²) in [7, 11) is 4.49. The average molecular weight is 788 g/mol. The van der Waals surface area contributed by atoms with Crippen LogP contribution in [0.15, 0.2) is 85.2 Å². The molecule has 4 nitrogen and oxygen atoms in total. The van der Waals surface area contributed by atoms with Crippen LogP contribution in [0.2, 0.25) is 0 Å². The van der Waals surface area contributed by atoms with E-state index in [0.29, 0.717) is 18.6 Å². The first-order chi connectivity index (χ1) is 24.9. The van der Waals surface area contributed by atoms with Gasteiger partial charge in [-0.05, 0) is 41.4 Å². The molecule has 1 aromatic heterocycles. The summed E-state index contributed by atoms with van der Waals surface area (Å²) in [5, 5.41) is 0. The molecule has 0 atom stereocenters. The Kier molecular flexibility index (Phi) is 28.9. The van der Waals surface area contributed by atoms with Gasteiger partial charge in [0.15, 0.2) is 12.4 Å². The Morgan fingerprint density at radius 1 is 0.574 bits per heavy atom. The van der Waals surface area contributed by atoms with Crippen molar-refractivity contribution in [3.05, 3.63) is 96.3 Å². The molecule has 0 fully saturated rings. The van der Waals surface area contributed by atoms with Gasteiger partial charge in [0.25, 0.3) is 0 Å². The minimum absolute atomic E-state index is 0. The van der Waals surface area contributed by atoms with Crippen molar-refractivity contribution in [2.45, 2.75) is 156 Å². The van der Waals surface area contributed by atoms with Gasteiger partial charge < -0.3 is 38.8 Å². The first-order valence-electron chi connectivity index (χ1n) is 21.0. The molecule has 2 aromatic carbocycles. The van der Waals surface area contributed by atoms with Gasteiger partial charge in [0, 0.05) is 24.1 Å². The number of pyridine rings is 1. The number of likely N-dealkylation sites (N-methyl/N-ethyl adjacent to an activating group) is 1. The van der Waals surface area contributed by atoms with Crippen molar-refractivity contribution in [3.8, 4) is 5.75 Å². The zero-order valence-corrected chi connectivity index (χ0v) is 37.4. The van der Waals surface area contributed by atoms with E-state index in [-0.39, 0.29) is 30.2 Å². The van der Waals surface area contributed by atoms with Crippen LogP contribution in [0.5, 0.6) is 5.75 Å². The first-order valence-corrected chi connectivity index (χ1v) is 21.0. The fraction of sp³-hybridized carbons (Fsp3) is 0.646. The fourth-order valence-electron chi connectivity index (χ4n) is 7.29. The van der Waals surface area contributed by atoms with Crippen LogP contribution in [0.25, 0.3) is 0 Å². The molecule has 0 bridgehead atoms. The van der Waals surface area contributed by atoms with Crippen molar-refractivity contribution in [1.29, 1.82) is 0 Å². The lowest BCUT2D eigenvalue weighted by Gasteiger charge is -2.33. The highest BCUT2D eigenvalue weighted by Gasteiger charge is 2.27. The van der Waals surface area contributed by atoms with Gasteiger partial charge in [0.05, 0.1) is 27.3 Å². The molecule has 0 saturated heterocycles. The summed E-state index contributed by atoms with van der Waals surface area (Å²) in [5.41, 5.74) is 3.19. The highest BCUT2D eigenvalue weighted by molar-refractivity contribution is 5.31. The molecule has 1 heterocycles. The van der Waals surface area contributed by atoms with Crippen molar-refractivity contribution in [1.82, 2.24) is 0 Å². The molecule has 0 amide bonds. The lowest BCUT2D eigenvalue weighted by atomic mass is 9.72. The van der Waals surface area contributed by atoms with Gasteiger partial charge in [-0.15, -0.1) is 0 Å². The first kappa shape index (κ1) is 51.9. The summed E-state index contributed by atoms with van der Waals surface area (Å²) in [6, 6.07) is 25.5. The zero-order valence-electron chi connectivity index (χ0n) is 35.9. The number of hydrogen-bond acceptors (Lipinski definition) is 2. The number of hydrogen-bond donors (Lipinski definition) is 0. The molecule has 0 N–H and O–H groups in total. The third-order valence-electron chi connectivity index (χ3n) is 9.95. The van der Waals surface area contributed by atoms with Gasteiger partial charge in [0.2, 0.25) is 0 Å². The number of ether oxygens (including phenoxy) is 2. The Balaban J connectivity index is 0.00000105. The van der Waals surface area contributed by atoms with Crippen molar-refractivity contribution < 1.29 is 43.3 Å². The maximum absolute atomic E-state index is 5.87. The van der Waals surface area contributed by atoms with Crippen molar-refractivity contribution in [3.63, 3.8) is 0 Å². The van der Waals surface area contributed by atoms with E-state index in [1.165, 1.54) is 108 Å². The normalized spacial score (nSPS) is 11.6. The molecule has 0 aliphatic carbocycles. The number of halogens is 2. The molecule has 0 spiro atoms. The molecule has 0 radical (unpaired) electrons. The second-order valence-corrected chi connectivity index (χ2v) is 17.6. The summed E-state index contributed by atoms with van der Waals surface area (Å²) in [6.07, 6.45) is 25.6. The standard InChI is InChI=1S/C27H42NO2.C21H38N.2ClH/c1-26(2,3)22-27(4,5)24-13-15-25(16-14-24)30-20-19-29-18-17-28(6,7)21-23-11-9-8-10-12-23;1-2-3-4-5-6-7-8-9-10-11-12-13-14-16-19-22-20-17-15-18-21-22;;/h8-16H,17-22H2,1-7H3;15,17-18,20-21H,2-14,16,19H2,1H3;2*1H/q2*+1;;/p-2. The molecule has 0 aliphatic rings. The predicted molar refractivity (Wildman–Crippen MR) is 224 cm³/mol. The summed E-state index contributed by atoms with van der Waals surface area (Å²) >= 11 is 0. The highest BCUT2D eigenvalue weighted by Crippen LogP contribution is 2.36. The van der Waals surface area contributed by atoms with Gasteiger partial charge in [0.1, 0.15) is 32.0 Å². The van der Waals surface area contributed by atoms with Crippen molar-refractivity contribution in [2.75, 3.05) is 40.5 Å². The molecule has 54 heavy (non-hydrogen) atoms. The van der Waals surface area contributed by atoms with E-state index >= 15 is 0 Å². The Hall–Kier alpha value is -2.11. The number of nitrogens with zero attached hydrogens (tertiary/aromatic N) is 2. The molecule has 3 rings (SSSR count). The Morgan fingerprint density at radius 2 is 1.07 bits per heavy atom. The van der Waals surface area contributed by atoms with Crippen molar-refractivity contribution >= 4 is 0 Å². The summed E-state index contributed by atoms with van der Waals surface area (Å²) in [6.45, 7) is 18.9. The number of rotatable bonds is 26. The van der Waals surface area contributed by atoms with Gasteiger partial charge in [-0.25, -0.2) is 4.57 Å². The van der Waals surface area contributed by atoms with Gasteiger partial charge in [-0.2, -0.15) is 0 Å². The number of aromatic nitrogens is 1. The van der Waals surface area contributed by atoms with Crippen LogP contribution in [-0.2, 0) is 23.2 Å². The van der Waals surface area contributed by atoms with Crippen LogP contribution in [0.1, 0.15) is 149 Å². The third kappa shape index (κ3) is 26.7. The number of unbranched alkanes of at least 4 members (excludes halogenated alkanes) is 13. The molecular weight excluding hydrogens is 707 g/mol. The van der Waals surface area contributed by atoms with Gasteiger partial charge >= 0.3 is 0 Å². The Morgan fingerprint density at radius 3 is 1.59 bits per heavy atom. The van der Waals surface area contributed by atoms with Crippen LogP contribution in [-0.4, -0.2) is 44.9 Å². The molecular formula is C48H80Cl2N2O2. The SMILES string of the molecule is CC(C)(C)CC(C)(C)c1ccc(OCCOCC[N+](C)(C)Cc2ccccc2)cc1.CCCCCCCCCCCCCCCC[n+]1ccccc1.[Cl-].[Cl-]. The lowest BCUT2D eigenvalue weighted by molar-refractivity contribution is -0.904. The van der Waals surface area contributed by atoms with Crippen LogP contribution in [0.4, 0.5) is 0 Å². The van der Waals surface area contributed by atoms with Crippen LogP contribution < -0.4 is 34.1 Å². The zero-order chi connectivity index (χ0) is 38.0. The largest absolute Gasteiger partial charge is 1.00 e. The van der Waals surface area contributed by atoms with E-state index in [9.17, 15) is 0 Å². The molecule has 6 heteroatoms. The number of quaternary nitrogens is 1. The molecule has 0 unspecified atom stereocenters. The van der Waals surface area contributed by atoms with E-state index in [0.717, 1.165) is 36.3 Å². The number of aryl methyl sites for hydroxylation is 1. The second kappa shape index (κ2) is 30.1. The minimum atomic E-state index is 0. The highest BCUT2D eigenvalue weighted by atomic mass is 35.5. The average Bonchev–Trinajstić information content (AvgIpc) is 3.10. The summed E-state index contributed by atoms with van der Waals surface area (Å²) in [5.74, 6) is 0.911. The quantitative estimate of drug-likeness (QED) is 0.0525. The summed E-state index contributed by atoms with van der Waals surface area (Å²) in [4.78, 5) is 0. The molecule has 308 valence electrons. The third-order valence-corrected chi connectivity index (χ3v) is 9.95. The smallest absolute Gasteiger partial charge is 0.168 e. The molecule has 3 aromatic rings. The summed E-state index contributed by atoms with van der Waals surface area (Å²) < 4.78 is 14.9. The predicted octanol–water partition coefficient (Wildman–Crippen LogP) is 6.54. The van der Waals surface area contributed by atoms with Gasteiger partial charge in [-0.3, -0.25) is 0 Å². The van der Waals surface area contributed by atoms with E-state index < -0.39 is 0 Å². The van der Waals surface area contributed by atoms with E-state index in [1.54, 1.807) is 0 Å². The van der Waals surface area contributed by atoms with Crippen LogP contribution in [0.3, 0.4) is 0 Å². The van der Waals surface area contributed by atoms with Crippen LogP contribution in [0, 0.1) is 5.41 Å². The van der Waals surface area contributed by atoms with E-state index in [2.05, 4.69) is 145 Å². The Bertz CT molecular complexity index is 1260. The Labute approximate surface area is 346 Å². The van der Waals surface area contributed by atoms with E-state index in [1.807, 2.05) is 0 Å². The maximum Gasteiger partial charge on any atom is 0.168 e. The molecule has 0 aliphatic heterocycles. The lowest BCUT2D eigenvalue weighted by Crippen LogP contribution is -3.00. The van der Waals surface area contributed by atoms with Crippen molar-refractivity contribution in [2.24, 2.45) is 5.41 Å². The fourth-order valence-corrected chi connectivity index (χ4v) is 7.29. The number of benzene rings is 2. The topological polar surface area (TPSA) is 22.3 Å². The molecule has 0 saturated carbocycles. The van der Waals surface area contributed by atoms with E-state index in [4.69, 9.17) is 9.47 Å².